The average molecular weight is 431 g/mol. The third-order valence-electron chi connectivity index (χ3n) is 5.49. The number of carbonyl (C=O) groups excluding carboxylic acids is 1. The van der Waals surface area contributed by atoms with E-state index in [0.29, 0.717) is 36.3 Å². The first-order valence-corrected chi connectivity index (χ1v) is 10.0. The first-order chi connectivity index (χ1) is 14.7. The van der Waals surface area contributed by atoms with Gasteiger partial charge < -0.3 is 4.90 Å². The lowest BCUT2D eigenvalue weighted by Gasteiger charge is -2.18. The minimum atomic E-state index is -4.49. The summed E-state index contributed by atoms with van der Waals surface area (Å²) in [6.45, 7) is 0.308. The zero-order valence-electron chi connectivity index (χ0n) is 16.9. The maximum atomic E-state index is 13.4. The van der Waals surface area contributed by atoms with E-state index in [-0.39, 0.29) is 17.3 Å². The number of amides is 1. The quantitative estimate of drug-likeness (QED) is 0.534. The Morgan fingerprint density at radius 2 is 1.68 bits per heavy atom. The van der Waals surface area contributed by atoms with Gasteiger partial charge in [0.2, 0.25) is 0 Å². The third kappa shape index (κ3) is 4.33. The fourth-order valence-electron chi connectivity index (χ4n) is 3.94. The van der Waals surface area contributed by atoms with Gasteiger partial charge in [0.15, 0.2) is 5.69 Å². The predicted octanol–water partition coefficient (Wildman–Crippen LogP) is 5.18. The molecule has 0 fully saturated rings. The summed E-state index contributed by atoms with van der Waals surface area (Å²) < 4.78 is 54.7. The van der Waals surface area contributed by atoms with Crippen LogP contribution in [0.5, 0.6) is 0 Å². The molecule has 0 spiro atoms. The van der Waals surface area contributed by atoms with Gasteiger partial charge in [-0.25, -0.2) is 9.07 Å². The van der Waals surface area contributed by atoms with E-state index in [0.717, 1.165) is 18.4 Å². The van der Waals surface area contributed by atoms with Crippen molar-refractivity contribution in [1.29, 1.82) is 0 Å². The molecule has 0 aliphatic heterocycles. The summed E-state index contributed by atoms with van der Waals surface area (Å²) in [5, 5.41) is 3.87. The lowest BCUT2D eigenvalue weighted by atomic mass is 9.95. The molecule has 0 saturated carbocycles. The average Bonchev–Trinajstić information content (AvgIpc) is 3.15. The molecule has 4 nitrogen and oxygen atoms in total. The number of aromatic nitrogens is 2. The van der Waals surface area contributed by atoms with Gasteiger partial charge in [-0.1, -0.05) is 12.1 Å². The van der Waals surface area contributed by atoms with E-state index in [9.17, 15) is 22.4 Å². The number of nitrogens with zero attached hydrogens (tertiary/aromatic N) is 3. The fraction of sp³-hybridized carbons (Fsp3) is 0.304. The number of halogens is 4. The molecule has 0 radical (unpaired) electrons. The summed E-state index contributed by atoms with van der Waals surface area (Å²) in [6.07, 6.45) is -2.05. The molecule has 1 aliphatic carbocycles. The Bertz CT molecular complexity index is 1090. The van der Waals surface area contributed by atoms with Crippen molar-refractivity contribution < 1.29 is 22.4 Å². The van der Waals surface area contributed by atoms with Crippen LogP contribution in [0.25, 0.3) is 5.69 Å². The molecule has 0 bridgehead atoms. The van der Waals surface area contributed by atoms with E-state index >= 15 is 0 Å². The Labute approximate surface area is 177 Å². The van der Waals surface area contributed by atoms with Crippen LogP contribution in [-0.4, -0.2) is 27.6 Å². The highest BCUT2D eigenvalue weighted by atomic mass is 19.4. The molecule has 162 valence electrons. The summed E-state index contributed by atoms with van der Waals surface area (Å²) in [5.41, 5.74) is 1.74. The number of benzene rings is 2. The lowest BCUT2D eigenvalue weighted by molar-refractivity contribution is -0.142. The van der Waals surface area contributed by atoms with Gasteiger partial charge in [-0.15, -0.1) is 0 Å². The Morgan fingerprint density at radius 1 is 1.03 bits per heavy atom. The van der Waals surface area contributed by atoms with Gasteiger partial charge in [0.05, 0.1) is 5.69 Å². The summed E-state index contributed by atoms with van der Waals surface area (Å²) in [6, 6.07) is 12.3. The number of hydrogen-bond acceptors (Lipinski definition) is 2. The molecule has 3 aromatic rings. The minimum absolute atomic E-state index is 0.241. The SMILES string of the molecule is CN(Cc1ccc(F)cc1)C(=O)c1ccc(-n2nc(C(F)(F)F)c3c2CCCC3)cc1. The zero-order valence-corrected chi connectivity index (χ0v) is 16.9. The molecule has 0 atom stereocenters. The molecule has 0 N–H and O–H groups in total. The van der Waals surface area contributed by atoms with E-state index in [2.05, 4.69) is 5.10 Å². The highest BCUT2D eigenvalue weighted by Gasteiger charge is 2.39. The second kappa shape index (κ2) is 8.17. The molecule has 1 heterocycles. The van der Waals surface area contributed by atoms with E-state index in [4.69, 9.17) is 0 Å². The standard InChI is InChI=1S/C23H21F4N3O/c1-29(14-15-6-10-17(24)11-7-15)22(31)16-8-12-18(13-9-16)30-20-5-3-2-4-19(20)21(28-30)23(25,26)27/h6-13H,2-5,14H2,1H3. The van der Waals surface area contributed by atoms with Crippen LogP contribution in [0.15, 0.2) is 48.5 Å². The Kier molecular flexibility index (Phi) is 5.56. The summed E-state index contributed by atoms with van der Waals surface area (Å²) >= 11 is 0. The fourth-order valence-corrected chi connectivity index (χ4v) is 3.94. The van der Waals surface area contributed by atoms with Gasteiger partial charge in [0.1, 0.15) is 5.82 Å². The largest absolute Gasteiger partial charge is 0.435 e. The van der Waals surface area contributed by atoms with Crippen LogP contribution >= 0.6 is 0 Å². The van der Waals surface area contributed by atoms with Gasteiger partial charge in [-0.05, 0) is 67.6 Å². The molecule has 8 heteroatoms. The van der Waals surface area contributed by atoms with Crippen molar-refractivity contribution in [3.05, 3.63) is 82.4 Å². The molecule has 31 heavy (non-hydrogen) atoms. The predicted molar refractivity (Wildman–Crippen MR) is 107 cm³/mol. The number of rotatable bonds is 4. The van der Waals surface area contributed by atoms with Crippen molar-refractivity contribution in [3.8, 4) is 5.69 Å². The van der Waals surface area contributed by atoms with Gasteiger partial charge in [0, 0.05) is 30.4 Å². The zero-order chi connectivity index (χ0) is 22.2. The van der Waals surface area contributed by atoms with Crippen molar-refractivity contribution in [2.45, 2.75) is 38.4 Å². The molecule has 1 amide bonds. The van der Waals surface area contributed by atoms with Gasteiger partial charge >= 0.3 is 6.18 Å². The van der Waals surface area contributed by atoms with Crippen molar-refractivity contribution in [2.24, 2.45) is 0 Å². The first kappa shape index (κ1) is 21.1. The van der Waals surface area contributed by atoms with E-state index < -0.39 is 11.9 Å². The summed E-state index contributed by atoms with van der Waals surface area (Å²) in [7, 11) is 1.64. The molecule has 1 aromatic heterocycles. The summed E-state index contributed by atoms with van der Waals surface area (Å²) in [4.78, 5) is 14.2. The second-order valence-electron chi connectivity index (χ2n) is 7.73. The minimum Gasteiger partial charge on any atom is -0.337 e. The van der Waals surface area contributed by atoms with Crippen LogP contribution in [-0.2, 0) is 25.6 Å². The molecular formula is C23H21F4N3O. The van der Waals surface area contributed by atoms with Crippen LogP contribution in [0.3, 0.4) is 0 Å². The van der Waals surface area contributed by atoms with Crippen molar-refractivity contribution >= 4 is 5.91 Å². The van der Waals surface area contributed by atoms with Crippen LogP contribution in [0.2, 0.25) is 0 Å². The number of hydrogen-bond donors (Lipinski definition) is 0. The number of fused-ring (bicyclic) bond motifs is 1. The molecule has 0 unspecified atom stereocenters. The van der Waals surface area contributed by atoms with E-state index in [1.165, 1.54) is 21.7 Å². The normalized spacial score (nSPS) is 13.7. The molecular weight excluding hydrogens is 410 g/mol. The maximum Gasteiger partial charge on any atom is 0.435 e. The highest BCUT2D eigenvalue weighted by molar-refractivity contribution is 5.94. The topological polar surface area (TPSA) is 38.1 Å². The molecule has 2 aromatic carbocycles. The summed E-state index contributed by atoms with van der Waals surface area (Å²) in [5.74, 6) is -0.586. The van der Waals surface area contributed by atoms with Gasteiger partial charge in [-0.2, -0.15) is 18.3 Å². The lowest BCUT2D eigenvalue weighted by Crippen LogP contribution is -2.26. The first-order valence-electron chi connectivity index (χ1n) is 10.0. The molecule has 4 rings (SSSR count). The van der Waals surface area contributed by atoms with Crippen LogP contribution in [0.4, 0.5) is 17.6 Å². The van der Waals surface area contributed by atoms with Crippen LogP contribution in [0.1, 0.15) is 45.7 Å². The van der Waals surface area contributed by atoms with Crippen molar-refractivity contribution in [1.82, 2.24) is 14.7 Å². The smallest absolute Gasteiger partial charge is 0.337 e. The number of alkyl halides is 3. The number of carbonyl (C=O) groups is 1. The maximum absolute atomic E-state index is 13.4. The van der Waals surface area contributed by atoms with Gasteiger partial charge in [-0.3, -0.25) is 4.79 Å². The Balaban J connectivity index is 1.56. The van der Waals surface area contributed by atoms with Gasteiger partial charge in [0.25, 0.3) is 5.91 Å². The Hall–Kier alpha value is -3.16. The van der Waals surface area contributed by atoms with Crippen molar-refractivity contribution in [2.75, 3.05) is 7.05 Å². The second-order valence-corrected chi connectivity index (χ2v) is 7.73. The van der Waals surface area contributed by atoms with Crippen LogP contribution < -0.4 is 0 Å². The van der Waals surface area contributed by atoms with Crippen LogP contribution in [0, 0.1) is 5.82 Å². The van der Waals surface area contributed by atoms with E-state index in [1.807, 2.05) is 0 Å². The third-order valence-corrected chi connectivity index (χ3v) is 5.49. The highest BCUT2D eigenvalue weighted by Crippen LogP contribution is 2.36. The monoisotopic (exact) mass is 431 g/mol. The molecule has 1 aliphatic rings. The Morgan fingerprint density at radius 3 is 2.32 bits per heavy atom. The molecule has 0 saturated heterocycles. The van der Waals surface area contributed by atoms with E-state index in [1.54, 1.807) is 43.4 Å². The van der Waals surface area contributed by atoms with Crippen molar-refractivity contribution in [3.63, 3.8) is 0 Å².